The molecule has 0 aromatic heterocycles. The van der Waals surface area contributed by atoms with Crippen molar-refractivity contribution in [2.45, 2.75) is 108 Å². The molecule has 2 aliphatic heterocycles. The monoisotopic (exact) mass is 345 g/mol. The number of nitrogens with two attached hydrogens (primary N) is 1. The largest absolute Gasteiger partial charge is 0.328 e. The molecule has 0 radical (unpaired) electrons. The number of hydrogen-bond acceptors (Lipinski definition) is 3. The van der Waals surface area contributed by atoms with Gasteiger partial charge >= 0.3 is 0 Å². The van der Waals surface area contributed by atoms with E-state index in [0.717, 1.165) is 41.9 Å². The third kappa shape index (κ3) is 3.08. The van der Waals surface area contributed by atoms with Crippen molar-refractivity contribution in [3.05, 3.63) is 0 Å². The number of rotatable bonds is 2. The molecule has 3 saturated carbocycles. The lowest BCUT2D eigenvalue weighted by Crippen LogP contribution is -2.51. The fourth-order valence-corrected chi connectivity index (χ4v) is 7.74. The van der Waals surface area contributed by atoms with E-state index >= 15 is 0 Å². The Kier molecular flexibility index (Phi) is 4.85. The first kappa shape index (κ1) is 17.0. The molecule has 5 aliphatic rings. The van der Waals surface area contributed by atoms with Crippen LogP contribution in [-0.2, 0) is 0 Å². The van der Waals surface area contributed by atoms with Gasteiger partial charge in [0, 0.05) is 18.1 Å². The highest BCUT2D eigenvalue weighted by Crippen LogP contribution is 2.52. The summed E-state index contributed by atoms with van der Waals surface area (Å²) >= 11 is 0. The van der Waals surface area contributed by atoms with Crippen molar-refractivity contribution >= 4 is 0 Å². The first-order chi connectivity index (χ1) is 12.3. The Hall–Kier alpha value is -0.120. The molecule has 3 nitrogen and oxygen atoms in total. The van der Waals surface area contributed by atoms with Gasteiger partial charge in [0.25, 0.3) is 0 Å². The van der Waals surface area contributed by atoms with Crippen LogP contribution in [0.3, 0.4) is 0 Å². The first-order valence-corrected chi connectivity index (χ1v) is 11.6. The standard InChI is InChI=1S/C22H39N3/c23-17-6-4-5-15(13-17)16-9-10-21-20(14-16)19-11-12-24-22(19)25(21)18-7-2-1-3-8-18/h15-22,24H,1-14,23H2. The summed E-state index contributed by atoms with van der Waals surface area (Å²) in [6, 6.07) is 2.29. The van der Waals surface area contributed by atoms with Gasteiger partial charge in [0.1, 0.15) is 0 Å². The number of fused-ring (bicyclic) bond motifs is 3. The number of likely N-dealkylation sites (tertiary alicyclic amines) is 1. The Morgan fingerprint density at radius 1 is 0.720 bits per heavy atom. The second-order valence-corrected chi connectivity index (χ2v) is 10.1. The Labute approximate surface area is 154 Å². The second kappa shape index (κ2) is 7.13. The fourth-order valence-electron chi connectivity index (χ4n) is 7.74. The normalized spacial score (nSPS) is 49.1. The summed E-state index contributed by atoms with van der Waals surface area (Å²) in [5.74, 6) is 3.87. The third-order valence-corrected chi connectivity index (χ3v) is 8.81. The summed E-state index contributed by atoms with van der Waals surface area (Å²) in [7, 11) is 0. The average Bonchev–Trinajstić information content (AvgIpc) is 3.22. The summed E-state index contributed by atoms with van der Waals surface area (Å²) in [6.45, 7) is 1.26. The molecule has 3 aliphatic carbocycles. The Morgan fingerprint density at radius 2 is 1.56 bits per heavy atom. The average molecular weight is 346 g/mol. The highest BCUT2D eigenvalue weighted by atomic mass is 15.4. The van der Waals surface area contributed by atoms with E-state index in [9.17, 15) is 0 Å². The van der Waals surface area contributed by atoms with E-state index in [1.807, 2.05) is 0 Å². The van der Waals surface area contributed by atoms with Crippen LogP contribution in [0.4, 0.5) is 0 Å². The molecule has 5 rings (SSSR count). The van der Waals surface area contributed by atoms with Gasteiger partial charge < -0.3 is 11.1 Å². The van der Waals surface area contributed by atoms with E-state index < -0.39 is 0 Å². The van der Waals surface area contributed by atoms with Gasteiger partial charge in [0.05, 0.1) is 6.17 Å². The van der Waals surface area contributed by atoms with E-state index in [2.05, 4.69) is 10.2 Å². The van der Waals surface area contributed by atoms with Crippen LogP contribution in [0, 0.1) is 23.7 Å². The fraction of sp³-hybridized carbons (Fsp3) is 1.00. The van der Waals surface area contributed by atoms with E-state index in [4.69, 9.17) is 5.73 Å². The van der Waals surface area contributed by atoms with Crippen molar-refractivity contribution in [1.82, 2.24) is 10.2 Å². The van der Waals surface area contributed by atoms with Crippen molar-refractivity contribution in [3.63, 3.8) is 0 Å². The zero-order chi connectivity index (χ0) is 16.8. The quantitative estimate of drug-likeness (QED) is 0.798. The van der Waals surface area contributed by atoms with Crippen molar-refractivity contribution in [3.8, 4) is 0 Å². The van der Waals surface area contributed by atoms with Crippen LogP contribution in [0.15, 0.2) is 0 Å². The molecule has 25 heavy (non-hydrogen) atoms. The minimum Gasteiger partial charge on any atom is -0.328 e. The summed E-state index contributed by atoms with van der Waals surface area (Å²) in [5, 5.41) is 3.93. The molecule has 3 N–H and O–H groups in total. The molecular formula is C22H39N3. The van der Waals surface area contributed by atoms with Gasteiger partial charge in [-0.05, 0) is 81.6 Å². The van der Waals surface area contributed by atoms with Gasteiger partial charge in [-0.25, -0.2) is 0 Å². The summed E-state index contributed by atoms with van der Waals surface area (Å²) in [4.78, 5) is 3.03. The molecule has 0 aromatic carbocycles. The van der Waals surface area contributed by atoms with Crippen LogP contribution in [0.5, 0.6) is 0 Å². The van der Waals surface area contributed by atoms with Gasteiger partial charge in [-0.2, -0.15) is 0 Å². The van der Waals surface area contributed by atoms with Crippen LogP contribution >= 0.6 is 0 Å². The molecule has 0 amide bonds. The molecule has 2 heterocycles. The molecule has 7 atom stereocenters. The lowest BCUT2D eigenvalue weighted by Gasteiger charge is -2.44. The Balaban J connectivity index is 1.31. The number of nitrogens with one attached hydrogen (secondary N) is 1. The predicted molar refractivity (Wildman–Crippen MR) is 103 cm³/mol. The maximum absolute atomic E-state index is 6.33. The molecule has 142 valence electrons. The summed E-state index contributed by atoms with van der Waals surface area (Å²) in [6.07, 6.45) is 19.5. The third-order valence-electron chi connectivity index (χ3n) is 8.81. The topological polar surface area (TPSA) is 41.3 Å². The number of nitrogens with zero attached hydrogens (tertiary/aromatic N) is 1. The predicted octanol–water partition coefficient (Wildman–Crippen LogP) is 3.87. The molecule has 7 unspecified atom stereocenters. The zero-order valence-electron chi connectivity index (χ0n) is 16.0. The lowest BCUT2D eigenvalue weighted by molar-refractivity contribution is 0.0453. The van der Waals surface area contributed by atoms with Gasteiger partial charge in [-0.15, -0.1) is 0 Å². The van der Waals surface area contributed by atoms with Crippen LogP contribution in [-0.4, -0.2) is 35.7 Å². The number of hydrogen-bond donors (Lipinski definition) is 2. The minimum absolute atomic E-state index is 0.500. The van der Waals surface area contributed by atoms with Crippen molar-refractivity contribution < 1.29 is 0 Å². The Bertz CT molecular complexity index is 460. The van der Waals surface area contributed by atoms with Crippen LogP contribution in [0.25, 0.3) is 0 Å². The second-order valence-electron chi connectivity index (χ2n) is 10.1. The van der Waals surface area contributed by atoms with Gasteiger partial charge in [-0.3, -0.25) is 4.90 Å². The highest BCUT2D eigenvalue weighted by molar-refractivity contribution is 5.07. The molecule has 2 saturated heterocycles. The van der Waals surface area contributed by atoms with Crippen LogP contribution in [0.2, 0.25) is 0 Å². The van der Waals surface area contributed by atoms with Gasteiger partial charge in [-0.1, -0.05) is 32.1 Å². The zero-order valence-corrected chi connectivity index (χ0v) is 16.0. The van der Waals surface area contributed by atoms with E-state index in [1.165, 1.54) is 90.0 Å². The van der Waals surface area contributed by atoms with Crippen molar-refractivity contribution in [2.24, 2.45) is 29.4 Å². The molecule has 0 aromatic rings. The first-order valence-electron chi connectivity index (χ1n) is 11.6. The van der Waals surface area contributed by atoms with Crippen LogP contribution in [0.1, 0.15) is 83.5 Å². The van der Waals surface area contributed by atoms with Crippen molar-refractivity contribution in [1.29, 1.82) is 0 Å². The van der Waals surface area contributed by atoms with Gasteiger partial charge in [0.15, 0.2) is 0 Å². The van der Waals surface area contributed by atoms with E-state index in [1.54, 1.807) is 0 Å². The summed E-state index contributed by atoms with van der Waals surface area (Å²) in [5.41, 5.74) is 6.33. The SMILES string of the molecule is NC1CCCC(C2CCC3C(C2)C2CCNC2N3C2CCCCC2)C1. The van der Waals surface area contributed by atoms with Gasteiger partial charge in [0.2, 0.25) is 0 Å². The van der Waals surface area contributed by atoms with E-state index in [-0.39, 0.29) is 0 Å². The maximum atomic E-state index is 6.33. The smallest absolute Gasteiger partial charge is 0.0634 e. The highest BCUT2D eigenvalue weighted by Gasteiger charge is 2.54. The maximum Gasteiger partial charge on any atom is 0.0634 e. The van der Waals surface area contributed by atoms with E-state index in [0.29, 0.717) is 6.04 Å². The van der Waals surface area contributed by atoms with Crippen LogP contribution < -0.4 is 11.1 Å². The molecule has 0 bridgehead atoms. The Morgan fingerprint density at radius 3 is 2.40 bits per heavy atom. The minimum atomic E-state index is 0.500. The summed E-state index contributed by atoms with van der Waals surface area (Å²) < 4.78 is 0. The lowest BCUT2D eigenvalue weighted by atomic mass is 9.66. The molecule has 5 fully saturated rings. The molecule has 3 heteroatoms. The molecule has 0 spiro atoms. The molecular weight excluding hydrogens is 306 g/mol. The van der Waals surface area contributed by atoms with Crippen molar-refractivity contribution in [2.75, 3.05) is 6.54 Å².